The van der Waals surface area contributed by atoms with Crippen LogP contribution in [0.25, 0.3) is 0 Å². The number of hydrogen-bond donors (Lipinski definition) is 1. The SMILES string of the molecule is Clc1ccccc1C1CC(NC2CCSC2)C1. The maximum atomic E-state index is 6.23. The molecule has 0 bridgehead atoms. The summed E-state index contributed by atoms with van der Waals surface area (Å²) in [5, 5.41) is 4.71. The number of rotatable bonds is 3. The van der Waals surface area contributed by atoms with Crippen molar-refractivity contribution in [2.75, 3.05) is 11.5 Å². The Balaban J connectivity index is 1.52. The number of thioether (sulfide) groups is 1. The Bertz CT molecular complexity index is 384. The molecular weight excluding hydrogens is 250 g/mol. The highest BCUT2D eigenvalue weighted by atomic mass is 35.5. The van der Waals surface area contributed by atoms with Gasteiger partial charge in [0.1, 0.15) is 0 Å². The molecule has 2 fully saturated rings. The third-order valence-electron chi connectivity index (χ3n) is 3.88. The lowest BCUT2D eigenvalue weighted by atomic mass is 9.75. The molecule has 1 saturated carbocycles. The fourth-order valence-corrected chi connectivity index (χ4v) is 4.27. The van der Waals surface area contributed by atoms with Crippen LogP contribution in [0, 0.1) is 0 Å². The quantitative estimate of drug-likeness (QED) is 0.897. The van der Waals surface area contributed by atoms with E-state index < -0.39 is 0 Å². The molecule has 1 nitrogen and oxygen atoms in total. The highest BCUT2D eigenvalue weighted by Crippen LogP contribution is 2.40. The molecule has 17 heavy (non-hydrogen) atoms. The van der Waals surface area contributed by atoms with Crippen molar-refractivity contribution >= 4 is 23.4 Å². The van der Waals surface area contributed by atoms with E-state index in [-0.39, 0.29) is 0 Å². The Morgan fingerprint density at radius 2 is 2.00 bits per heavy atom. The van der Waals surface area contributed by atoms with E-state index in [4.69, 9.17) is 11.6 Å². The smallest absolute Gasteiger partial charge is 0.0440 e. The Morgan fingerprint density at radius 1 is 1.18 bits per heavy atom. The summed E-state index contributed by atoms with van der Waals surface area (Å²) in [6, 6.07) is 9.77. The third-order valence-corrected chi connectivity index (χ3v) is 5.39. The zero-order chi connectivity index (χ0) is 11.7. The highest BCUT2D eigenvalue weighted by Gasteiger charge is 2.33. The van der Waals surface area contributed by atoms with Gasteiger partial charge in [0.25, 0.3) is 0 Å². The van der Waals surface area contributed by atoms with E-state index in [2.05, 4.69) is 29.2 Å². The number of nitrogens with one attached hydrogen (secondary N) is 1. The van der Waals surface area contributed by atoms with Crippen molar-refractivity contribution in [3.63, 3.8) is 0 Å². The second-order valence-electron chi connectivity index (χ2n) is 5.11. The van der Waals surface area contributed by atoms with E-state index in [0.29, 0.717) is 5.92 Å². The molecule has 1 atom stereocenters. The van der Waals surface area contributed by atoms with Crippen LogP contribution in [-0.4, -0.2) is 23.6 Å². The van der Waals surface area contributed by atoms with Crippen LogP contribution in [-0.2, 0) is 0 Å². The molecule has 1 aromatic carbocycles. The summed E-state index contributed by atoms with van der Waals surface area (Å²) in [7, 11) is 0. The van der Waals surface area contributed by atoms with Crippen molar-refractivity contribution < 1.29 is 0 Å². The van der Waals surface area contributed by atoms with Gasteiger partial charge in [0.05, 0.1) is 0 Å². The molecule has 3 heteroatoms. The van der Waals surface area contributed by atoms with Crippen LogP contribution >= 0.6 is 23.4 Å². The molecule has 0 radical (unpaired) electrons. The van der Waals surface area contributed by atoms with Crippen LogP contribution in [0.15, 0.2) is 24.3 Å². The van der Waals surface area contributed by atoms with Gasteiger partial charge in [-0.25, -0.2) is 0 Å². The average molecular weight is 268 g/mol. The van der Waals surface area contributed by atoms with Gasteiger partial charge in [-0.2, -0.15) is 11.8 Å². The Labute approximate surface area is 112 Å². The molecule has 1 heterocycles. The molecule has 0 aromatic heterocycles. The first-order valence-corrected chi connectivity index (χ1v) is 7.94. The second kappa shape index (κ2) is 5.21. The molecule has 1 unspecified atom stereocenters. The lowest BCUT2D eigenvalue weighted by Gasteiger charge is -2.38. The van der Waals surface area contributed by atoms with Gasteiger partial charge in [-0.05, 0) is 42.6 Å². The predicted octanol–water partition coefficient (Wildman–Crippen LogP) is 3.68. The minimum absolute atomic E-state index is 0.676. The summed E-state index contributed by atoms with van der Waals surface area (Å²) in [5.74, 6) is 3.31. The fraction of sp³-hybridized carbons (Fsp3) is 0.571. The summed E-state index contributed by atoms with van der Waals surface area (Å²) < 4.78 is 0. The summed E-state index contributed by atoms with van der Waals surface area (Å²) in [5.41, 5.74) is 1.34. The fourth-order valence-electron chi connectivity index (χ4n) is 2.81. The van der Waals surface area contributed by atoms with Crippen LogP contribution in [0.5, 0.6) is 0 Å². The van der Waals surface area contributed by atoms with Gasteiger partial charge in [0.2, 0.25) is 0 Å². The number of halogens is 1. The molecule has 1 saturated heterocycles. The zero-order valence-corrected chi connectivity index (χ0v) is 11.4. The normalized spacial score (nSPS) is 32.4. The van der Waals surface area contributed by atoms with Gasteiger partial charge in [-0.1, -0.05) is 29.8 Å². The first kappa shape index (κ1) is 11.9. The molecular formula is C14H18ClNS. The maximum absolute atomic E-state index is 6.23. The van der Waals surface area contributed by atoms with Crippen molar-refractivity contribution in [2.24, 2.45) is 0 Å². The van der Waals surface area contributed by atoms with Crippen LogP contribution in [0.2, 0.25) is 5.02 Å². The highest BCUT2D eigenvalue weighted by molar-refractivity contribution is 7.99. The minimum Gasteiger partial charge on any atom is -0.310 e. The van der Waals surface area contributed by atoms with Crippen molar-refractivity contribution in [1.82, 2.24) is 5.32 Å². The number of benzene rings is 1. The van der Waals surface area contributed by atoms with Gasteiger partial charge in [-0.3, -0.25) is 0 Å². The van der Waals surface area contributed by atoms with E-state index in [9.17, 15) is 0 Å². The first-order valence-electron chi connectivity index (χ1n) is 6.41. The van der Waals surface area contributed by atoms with Crippen LogP contribution in [0.4, 0.5) is 0 Å². The summed E-state index contributed by atoms with van der Waals surface area (Å²) in [4.78, 5) is 0. The predicted molar refractivity (Wildman–Crippen MR) is 76.1 cm³/mol. The van der Waals surface area contributed by atoms with Crippen molar-refractivity contribution in [2.45, 2.75) is 37.3 Å². The Hall–Kier alpha value is -0.180. The van der Waals surface area contributed by atoms with Crippen molar-refractivity contribution in [3.05, 3.63) is 34.9 Å². The first-order chi connectivity index (χ1) is 8.33. The van der Waals surface area contributed by atoms with Crippen molar-refractivity contribution in [3.8, 4) is 0 Å². The monoisotopic (exact) mass is 267 g/mol. The molecule has 0 amide bonds. The lowest BCUT2D eigenvalue weighted by Crippen LogP contribution is -2.45. The minimum atomic E-state index is 0.676. The average Bonchev–Trinajstić information content (AvgIpc) is 2.77. The van der Waals surface area contributed by atoms with Crippen LogP contribution < -0.4 is 5.32 Å². The second-order valence-corrected chi connectivity index (χ2v) is 6.67. The van der Waals surface area contributed by atoms with Gasteiger partial charge in [0.15, 0.2) is 0 Å². The van der Waals surface area contributed by atoms with E-state index in [1.165, 1.54) is 36.3 Å². The molecule has 1 aliphatic heterocycles. The molecule has 1 aromatic rings. The molecule has 2 aliphatic rings. The Kier molecular flexibility index (Phi) is 3.64. The summed E-state index contributed by atoms with van der Waals surface area (Å²) >= 11 is 8.30. The summed E-state index contributed by atoms with van der Waals surface area (Å²) in [6.07, 6.45) is 3.85. The van der Waals surface area contributed by atoms with Crippen molar-refractivity contribution in [1.29, 1.82) is 0 Å². The maximum Gasteiger partial charge on any atom is 0.0440 e. The van der Waals surface area contributed by atoms with Crippen LogP contribution in [0.3, 0.4) is 0 Å². The topological polar surface area (TPSA) is 12.0 Å². The van der Waals surface area contributed by atoms with Crippen LogP contribution in [0.1, 0.15) is 30.7 Å². The van der Waals surface area contributed by atoms with E-state index in [0.717, 1.165) is 17.1 Å². The van der Waals surface area contributed by atoms with Gasteiger partial charge in [-0.15, -0.1) is 0 Å². The van der Waals surface area contributed by atoms with Gasteiger partial charge >= 0.3 is 0 Å². The van der Waals surface area contributed by atoms with Gasteiger partial charge in [0, 0.05) is 22.9 Å². The standard InChI is InChI=1S/C14H18ClNS/c15-14-4-2-1-3-13(14)10-7-12(8-10)16-11-5-6-17-9-11/h1-4,10-12,16H,5-9H2. The molecule has 1 N–H and O–H groups in total. The van der Waals surface area contributed by atoms with E-state index in [1.54, 1.807) is 0 Å². The molecule has 3 rings (SSSR count). The van der Waals surface area contributed by atoms with Gasteiger partial charge < -0.3 is 5.32 Å². The zero-order valence-electron chi connectivity index (χ0n) is 9.86. The largest absolute Gasteiger partial charge is 0.310 e. The molecule has 92 valence electrons. The Morgan fingerprint density at radius 3 is 2.71 bits per heavy atom. The summed E-state index contributed by atoms with van der Waals surface area (Å²) in [6.45, 7) is 0. The van der Waals surface area contributed by atoms with E-state index >= 15 is 0 Å². The third kappa shape index (κ3) is 2.64. The molecule has 1 aliphatic carbocycles. The number of hydrogen-bond acceptors (Lipinski definition) is 2. The molecule has 0 spiro atoms. The lowest BCUT2D eigenvalue weighted by molar-refractivity contribution is 0.271. The van der Waals surface area contributed by atoms with E-state index in [1.807, 2.05) is 12.1 Å².